The number of benzene rings is 1. The third-order valence-corrected chi connectivity index (χ3v) is 8.29. The van der Waals surface area contributed by atoms with Gasteiger partial charge in [-0.15, -0.1) is 0 Å². The lowest BCUT2D eigenvalue weighted by Gasteiger charge is -2.28. The van der Waals surface area contributed by atoms with Crippen molar-refractivity contribution in [2.45, 2.75) is 65.3 Å². The van der Waals surface area contributed by atoms with Crippen molar-refractivity contribution in [2.24, 2.45) is 0 Å². The molecule has 34 heavy (non-hydrogen) atoms. The molecule has 2 aromatic rings. The van der Waals surface area contributed by atoms with Crippen LogP contribution in [0.5, 0.6) is 0 Å². The third-order valence-electron chi connectivity index (χ3n) is 5.14. The van der Waals surface area contributed by atoms with Crippen LogP contribution >= 0.6 is 0 Å². The molecule has 0 saturated heterocycles. The van der Waals surface area contributed by atoms with Gasteiger partial charge < -0.3 is 13.3 Å². The van der Waals surface area contributed by atoms with E-state index in [0.29, 0.717) is 55.3 Å². The molecule has 0 fully saturated rings. The topological polar surface area (TPSA) is 71.7 Å². The standard InChI is InChI=1S/C23H33F3N2O5Si/c1-4-31-34(32-5-2,33-6-3)16-12-8-11-15-27-21(29)17-20(19-13-9-7-10-14-19)28(22(27)30)18-23(24,25)26/h7,9-10,13-14,17H,4-6,8,11-12,15-16,18H2,1-3H3. The fraction of sp³-hybridized carbons (Fsp3) is 0.565. The molecule has 0 atom stereocenters. The Morgan fingerprint density at radius 3 is 1.97 bits per heavy atom. The molecule has 0 radical (unpaired) electrons. The monoisotopic (exact) mass is 502 g/mol. The lowest BCUT2D eigenvalue weighted by molar-refractivity contribution is -0.141. The number of alkyl halides is 3. The van der Waals surface area contributed by atoms with Gasteiger partial charge in [0.2, 0.25) is 0 Å². The molecule has 0 bridgehead atoms. The van der Waals surface area contributed by atoms with E-state index in [-0.39, 0.29) is 12.2 Å². The van der Waals surface area contributed by atoms with E-state index in [0.717, 1.165) is 10.6 Å². The molecule has 0 N–H and O–H groups in total. The lowest BCUT2D eigenvalue weighted by atomic mass is 10.1. The highest BCUT2D eigenvalue weighted by Crippen LogP contribution is 2.23. The first-order chi connectivity index (χ1) is 16.2. The third kappa shape index (κ3) is 7.93. The van der Waals surface area contributed by atoms with Crippen molar-refractivity contribution in [3.8, 4) is 11.3 Å². The number of hydrogen-bond donors (Lipinski definition) is 0. The van der Waals surface area contributed by atoms with E-state index in [1.807, 2.05) is 20.8 Å². The molecule has 7 nitrogen and oxygen atoms in total. The minimum atomic E-state index is -4.61. The molecular formula is C23H33F3N2O5Si. The summed E-state index contributed by atoms with van der Waals surface area (Å²) >= 11 is 0. The molecule has 0 spiro atoms. The zero-order chi connectivity index (χ0) is 25.2. The summed E-state index contributed by atoms with van der Waals surface area (Å²) < 4.78 is 58.6. The molecular weight excluding hydrogens is 469 g/mol. The number of aromatic nitrogens is 2. The number of unbranched alkanes of at least 4 members (excludes halogenated alkanes) is 2. The Kier molecular flexibility index (Phi) is 10.7. The van der Waals surface area contributed by atoms with Crippen molar-refractivity contribution in [2.75, 3.05) is 19.8 Å². The smallest absolute Gasteiger partial charge is 0.374 e. The summed E-state index contributed by atoms with van der Waals surface area (Å²) in [5.41, 5.74) is -1.27. The van der Waals surface area contributed by atoms with Crippen molar-refractivity contribution < 1.29 is 26.4 Å². The highest BCUT2D eigenvalue weighted by atomic mass is 28.4. The normalized spacial score (nSPS) is 12.3. The maximum atomic E-state index is 13.2. The molecule has 1 aromatic carbocycles. The Balaban J connectivity index is 2.18. The van der Waals surface area contributed by atoms with Gasteiger partial charge in [0.1, 0.15) is 6.54 Å². The van der Waals surface area contributed by atoms with Crippen molar-refractivity contribution in [1.82, 2.24) is 9.13 Å². The van der Waals surface area contributed by atoms with Gasteiger partial charge in [-0.05, 0) is 39.2 Å². The summed E-state index contributed by atoms with van der Waals surface area (Å²) in [4.78, 5) is 25.6. The van der Waals surface area contributed by atoms with E-state index in [2.05, 4.69) is 0 Å². The van der Waals surface area contributed by atoms with E-state index in [4.69, 9.17) is 13.3 Å². The summed E-state index contributed by atoms with van der Waals surface area (Å²) in [5, 5.41) is 0. The minimum Gasteiger partial charge on any atom is -0.374 e. The number of rotatable bonds is 14. The Morgan fingerprint density at radius 1 is 0.853 bits per heavy atom. The quantitative estimate of drug-likeness (QED) is 0.282. The fourth-order valence-corrected chi connectivity index (χ4v) is 6.48. The van der Waals surface area contributed by atoms with Gasteiger partial charge in [-0.2, -0.15) is 13.2 Å². The van der Waals surface area contributed by atoms with Crippen molar-refractivity contribution in [1.29, 1.82) is 0 Å². The molecule has 0 unspecified atom stereocenters. The molecule has 0 aliphatic carbocycles. The van der Waals surface area contributed by atoms with Gasteiger partial charge in [-0.1, -0.05) is 36.8 Å². The Labute approximate surface area is 198 Å². The van der Waals surface area contributed by atoms with Crippen molar-refractivity contribution in [3.05, 3.63) is 57.2 Å². The number of nitrogens with zero attached hydrogens (tertiary/aromatic N) is 2. The summed E-state index contributed by atoms with van der Waals surface area (Å²) in [7, 11) is -2.79. The first-order valence-corrected chi connectivity index (χ1v) is 13.5. The van der Waals surface area contributed by atoms with Crippen LogP contribution in [0.15, 0.2) is 46.0 Å². The molecule has 0 aliphatic heterocycles. The molecule has 11 heteroatoms. The first-order valence-electron chi connectivity index (χ1n) is 11.5. The second-order valence-electron chi connectivity index (χ2n) is 7.66. The number of halogens is 3. The van der Waals surface area contributed by atoms with Gasteiger partial charge in [0.05, 0.1) is 5.69 Å². The second-order valence-corrected chi connectivity index (χ2v) is 10.4. The summed E-state index contributed by atoms with van der Waals surface area (Å²) in [6, 6.07) is 9.80. The van der Waals surface area contributed by atoms with Gasteiger partial charge >= 0.3 is 20.7 Å². The molecule has 0 amide bonds. The maximum absolute atomic E-state index is 13.2. The average molecular weight is 503 g/mol. The Morgan fingerprint density at radius 2 is 1.44 bits per heavy atom. The van der Waals surface area contributed by atoms with Crippen molar-refractivity contribution in [3.63, 3.8) is 0 Å². The SMILES string of the molecule is CCO[Si](CCCCCn1c(=O)cc(-c2ccccc2)n(CC(F)(F)F)c1=O)(OCC)OCC. The van der Waals surface area contributed by atoms with Crippen LogP contribution in [0.4, 0.5) is 13.2 Å². The first kappa shape index (κ1) is 28.0. The highest BCUT2D eigenvalue weighted by Gasteiger charge is 2.39. The van der Waals surface area contributed by atoms with E-state index < -0.39 is 32.8 Å². The largest absolute Gasteiger partial charge is 0.500 e. The number of hydrogen-bond acceptors (Lipinski definition) is 5. The zero-order valence-corrected chi connectivity index (χ0v) is 20.9. The Hall–Kier alpha value is -2.21. The minimum absolute atomic E-state index is 0.0249. The van der Waals surface area contributed by atoms with Gasteiger partial charge in [0.15, 0.2) is 0 Å². The Bertz CT molecular complexity index is 991. The summed E-state index contributed by atoms with van der Waals surface area (Å²) in [5.74, 6) is 0. The molecule has 190 valence electrons. The van der Waals surface area contributed by atoms with Crippen LogP contribution in [-0.2, 0) is 26.4 Å². The van der Waals surface area contributed by atoms with Gasteiger partial charge in [0, 0.05) is 38.5 Å². The van der Waals surface area contributed by atoms with Gasteiger partial charge in [-0.25, -0.2) is 4.79 Å². The predicted octanol–water partition coefficient (Wildman–Crippen LogP) is 4.46. The molecule has 1 aromatic heterocycles. The van der Waals surface area contributed by atoms with Crippen LogP contribution < -0.4 is 11.2 Å². The fourth-order valence-electron chi connectivity index (χ4n) is 3.79. The van der Waals surface area contributed by atoms with Crippen LogP contribution in [-0.4, -0.2) is 43.9 Å². The van der Waals surface area contributed by atoms with Crippen LogP contribution in [0.3, 0.4) is 0 Å². The van der Waals surface area contributed by atoms with Crippen LogP contribution in [0.1, 0.15) is 40.0 Å². The lowest BCUT2D eigenvalue weighted by Crippen LogP contribution is -2.45. The average Bonchev–Trinajstić information content (AvgIpc) is 2.78. The van der Waals surface area contributed by atoms with E-state index in [9.17, 15) is 22.8 Å². The molecule has 1 heterocycles. The van der Waals surface area contributed by atoms with Crippen LogP contribution in [0.25, 0.3) is 11.3 Å². The van der Waals surface area contributed by atoms with Crippen molar-refractivity contribution >= 4 is 8.80 Å². The van der Waals surface area contributed by atoms with E-state index >= 15 is 0 Å². The maximum Gasteiger partial charge on any atom is 0.500 e. The molecule has 0 saturated carbocycles. The van der Waals surface area contributed by atoms with Crippen LogP contribution in [0, 0.1) is 0 Å². The molecule has 2 rings (SSSR count). The van der Waals surface area contributed by atoms with E-state index in [1.54, 1.807) is 30.3 Å². The van der Waals surface area contributed by atoms with Gasteiger partial charge in [-0.3, -0.25) is 13.9 Å². The van der Waals surface area contributed by atoms with Crippen LogP contribution in [0.2, 0.25) is 6.04 Å². The summed E-state index contributed by atoms with van der Waals surface area (Å²) in [6.45, 7) is 5.57. The van der Waals surface area contributed by atoms with E-state index in [1.165, 1.54) is 0 Å². The summed E-state index contributed by atoms with van der Waals surface area (Å²) in [6.07, 6.45) is -2.85. The predicted molar refractivity (Wildman–Crippen MR) is 126 cm³/mol. The zero-order valence-electron chi connectivity index (χ0n) is 19.9. The molecule has 0 aliphatic rings. The second kappa shape index (κ2) is 13.0. The highest BCUT2D eigenvalue weighted by molar-refractivity contribution is 6.60. The van der Waals surface area contributed by atoms with Gasteiger partial charge in [0.25, 0.3) is 5.56 Å².